The quantitative estimate of drug-likeness (QED) is 0.338. The van der Waals surface area contributed by atoms with Gasteiger partial charge in [-0.05, 0) is 41.3 Å². The van der Waals surface area contributed by atoms with Crippen LogP contribution in [0.3, 0.4) is 0 Å². The molecule has 168 valence electrons. The van der Waals surface area contributed by atoms with Crippen LogP contribution in [0.5, 0.6) is 0 Å². The summed E-state index contributed by atoms with van der Waals surface area (Å²) in [5.74, 6) is 0.845. The molecule has 1 aromatic heterocycles. The van der Waals surface area contributed by atoms with Gasteiger partial charge in [-0.25, -0.2) is 4.98 Å². The Bertz CT molecular complexity index is 1420. The number of carbonyl (C=O) groups excluding carboxylic acids is 1. The minimum absolute atomic E-state index is 0.0124. The van der Waals surface area contributed by atoms with Crippen LogP contribution in [0, 0.1) is 6.92 Å². The molecule has 0 radical (unpaired) electrons. The van der Waals surface area contributed by atoms with Crippen LogP contribution in [-0.4, -0.2) is 15.5 Å². The summed E-state index contributed by atoms with van der Waals surface area (Å²) in [5, 5.41) is 3.07. The van der Waals surface area contributed by atoms with Crippen LogP contribution >= 0.6 is 0 Å². The predicted molar refractivity (Wildman–Crippen MR) is 137 cm³/mol. The van der Waals surface area contributed by atoms with Gasteiger partial charge < -0.3 is 9.88 Å². The Morgan fingerprint density at radius 2 is 1.53 bits per heavy atom. The normalized spacial score (nSPS) is 11.0. The highest BCUT2D eigenvalue weighted by Crippen LogP contribution is 2.20. The van der Waals surface area contributed by atoms with E-state index in [4.69, 9.17) is 4.98 Å². The van der Waals surface area contributed by atoms with Crippen LogP contribution in [0.15, 0.2) is 103 Å². The zero-order chi connectivity index (χ0) is 23.3. The maximum Gasteiger partial charge on any atom is 0.224 e. The molecule has 0 unspecified atom stereocenters. The van der Waals surface area contributed by atoms with Gasteiger partial charge in [0.25, 0.3) is 0 Å². The number of aryl methyl sites for hydroxylation is 1. The summed E-state index contributed by atoms with van der Waals surface area (Å²) < 4.78 is 2.19. The van der Waals surface area contributed by atoms with Crippen molar-refractivity contribution in [3.05, 3.63) is 126 Å². The molecule has 5 aromatic rings. The van der Waals surface area contributed by atoms with E-state index in [0.29, 0.717) is 19.5 Å². The maximum absolute atomic E-state index is 12.7. The summed E-state index contributed by atoms with van der Waals surface area (Å²) in [6, 6.07) is 35.0. The maximum atomic E-state index is 12.7. The number of rotatable bonds is 7. The first kappa shape index (κ1) is 21.7. The van der Waals surface area contributed by atoms with Crippen molar-refractivity contribution in [1.82, 2.24) is 14.9 Å². The van der Waals surface area contributed by atoms with Crippen LogP contribution in [-0.2, 0) is 24.3 Å². The van der Waals surface area contributed by atoms with Gasteiger partial charge in [-0.1, -0.05) is 96.6 Å². The largest absolute Gasteiger partial charge is 0.349 e. The molecule has 4 aromatic carbocycles. The Morgan fingerprint density at radius 3 is 2.32 bits per heavy atom. The Balaban J connectivity index is 1.28. The van der Waals surface area contributed by atoms with Crippen molar-refractivity contribution in [1.29, 1.82) is 0 Å². The average Bonchev–Trinajstić information content (AvgIpc) is 3.21. The smallest absolute Gasteiger partial charge is 0.224 e. The highest BCUT2D eigenvalue weighted by Gasteiger charge is 2.13. The monoisotopic (exact) mass is 445 g/mol. The minimum Gasteiger partial charge on any atom is -0.349 e. The van der Waals surface area contributed by atoms with Gasteiger partial charge in [0.05, 0.1) is 24.0 Å². The van der Waals surface area contributed by atoms with Crippen molar-refractivity contribution in [2.75, 3.05) is 0 Å². The standard InChI is InChI=1S/C30H27N3O/c1-22-8-7-9-24(18-22)21-33-28-13-6-5-12-27(28)32-29(33)20-31-30(34)19-23-14-16-26(17-15-23)25-10-3-2-4-11-25/h2-18H,19-21H2,1H3,(H,31,34). The number of imidazole rings is 1. The lowest BCUT2D eigenvalue weighted by Gasteiger charge is -2.11. The topological polar surface area (TPSA) is 46.9 Å². The molecular weight excluding hydrogens is 418 g/mol. The van der Waals surface area contributed by atoms with E-state index in [1.807, 2.05) is 48.5 Å². The van der Waals surface area contributed by atoms with E-state index in [-0.39, 0.29) is 5.91 Å². The second-order valence-electron chi connectivity index (χ2n) is 8.61. The average molecular weight is 446 g/mol. The molecule has 0 saturated heterocycles. The molecule has 5 rings (SSSR count). The van der Waals surface area contributed by atoms with Gasteiger partial charge in [-0.15, -0.1) is 0 Å². The van der Waals surface area contributed by atoms with Gasteiger partial charge in [0, 0.05) is 6.54 Å². The SMILES string of the molecule is Cc1cccc(Cn2c(CNC(=O)Cc3ccc(-c4ccccc4)cc3)nc3ccccc32)c1. The number of fused-ring (bicyclic) bond motifs is 1. The van der Waals surface area contributed by atoms with E-state index < -0.39 is 0 Å². The van der Waals surface area contributed by atoms with Crippen molar-refractivity contribution < 1.29 is 4.79 Å². The van der Waals surface area contributed by atoms with E-state index >= 15 is 0 Å². The zero-order valence-electron chi connectivity index (χ0n) is 19.2. The highest BCUT2D eigenvalue weighted by molar-refractivity contribution is 5.79. The second-order valence-corrected chi connectivity index (χ2v) is 8.61. The van der Waals surface area contributed by atoms with Gasteiger partial charge in [0.2, 0.25) is 5.91 Å². The Labute approximate surface area is 199 Å². The number of nitrogens with one attached hydrogen (secondary N) is 1. The molecule has 0 saturated carbocycles. The molecule has 1 N–H and O–H groups in total. The molecule has 0 atom stereocenters. The molecule has 4 heteroatoms. The predicted octanol–water partition coefficient (Wildman–Crippen LogP) is 5.92. The number of para-hydroxylation sites is 2. The van der Waals surface area contributed by atoms with Crippen molar-refractivity contribution in [2.45, 2.75) is 26.4 Å². The van der Waals surface area contributed by atoms with E-state index in [9.17, 15) is 4.79 Å². The molecule has 0 spiro atoms. The third kappa shape index (κ3) is 4.91. The van der Waals surface area contributed by atoms with Crippen LogP contribution in [0.4, 0.5) is 0 Å². The molecule has 0 fully saturated rings. The molecule has 1 heterocycles. The first-order chi connectivity index (χ1) is 16.7. The van der Waals surface area contributed by atoms with Gasteiger partial charge in [-0.2, -0.15) is 0 Å². The number of benzene rings is 4. The number of nitrogens with zero attached hydrogens (tertiary/aromatic N) is 2. The fourth-order valence-electron chi connectivity index (χ4n) is 4.30. The number of amides is 1. The lowest BCUT2D eigenvalue weighted by atomic mass is 10.0. The number of hydrogen-bond donors (Lipinski definition) is 1. The summed E-state index contributed by atoms with van der Waals surface area (Å²) in [6.07, 6.45) is 0.340. The minimum atomic E-state index is -0.0124. The molecule has 0 bridgehead atoms. The van der Waals surface area contributed by atoms with Gasteiger partial charge >= 0.3 is 0 Å². The van der Waals surface area contributed by atoms with E-state index in [1.165, 1.54) is 16.7 Å². The van der Waals surface area contributed by atoms with Crippen molar-refractivity contribution in [3.8, 4) is 11.1 Å². The second kappa shape index (κ2) is 9.75. The van der Waals surface area contributed by atoms with Crippen LogP contribution in [0.25, 0.3) is 22.2 Å². The van der Waals surface area contributed by atoms with Crippen LogP contribution in [0.1, 0.15) is 22.5 Å². The molecule has 1 amide bonds. The fourth-order valence-corrected chi connectivity index (χ4v) is 4.30. The first-order valence-corrected chi connectivity index (χ1v) is 11.6. The van der Waals surface area contributed by atoms with E-state index in [0.717, 1.165) is 28.0 Å². The van der Waals surface area contributed by atoms with Crippen molar-refractivity contribution >= 4 is 16.9 Å². The van der Waals surface area contributed by atoms with Gasteiger partial charge in [-0.3, -0.25) is 4.79 Å². The van der Waals surface area contributed by atoms with Gasteiger partial charge in [0.15, 0.2) is 0 Å². The van der Waals surface area contributed by atoms with E-state index in [1.54, 1.807) is 0 Å². The number of aromatic nitrogens is 2. The summed E-state index contributed by atoms with van der Waals surface area (Å²) in [7, 11) is 0. The highest BCUT2D eigenvalue weighted by atomic mass is 16.1. The summed E-state index contributed by atoms with van der Waals surface area (Å²) in [4.78, 5) is 17.5. The van der Waals surface area contributed by atoms with Gasteiger partial charge in [0.1, 0.15) is 5.82 Å². The summed E-state index contributed by atoms with van der Waals surface area (Å²) in [5.41, 5.74) is 7.77. The Morgan fingerprint density at radius 1 is 0.794 bits per heavy atom. The van der Waals surface area contributed by atoms with Crippen molar-refractivity contribution in [3.63, 3.8) is 0 Å². The number of hydrogen-bond acceptors (Lipinski definition) is 2. The molecule has 4 nitrogen and oxygen atoms in total. The van der Waals surface area contributed by atoms with Crippen LogP contribution in [0.2, 0.25) is 0 Å². The number of carbonyl (C=O) groups is 1. The Kier molecular flexibility index (Phi) is 6.21. The van der Waals surface area contributed by atoms with E-state index in [2.05, 4.69) is 71.4 Å². The summed E-state index contributed by atoms with van der Waals surface area (Å²) in [6.45, 7) is 3.21. The van der Waals surface area contributed by atoms with Crippen molar-refractivity contribution in [2.24, 2.45) is 0 Å². The molecule has 0 aliphatic rings. The molecule has 0 aliphatic carbocycles. The lowest BCUT2D eigenvalue weighted by molar-refractivity contribution is -0.120. The zero-order valence-corrected chi connectivity index (χ0v) is 19.2. The first-order valence-electron chi connectivity index (χ1n) is 11.6. The lowest BCUT2D eigenvalue weighted by Crippen LogP contribution is -2.26. The fraction of sp³-hybridized carbons (Fsp3) is 0.133. The third-order valence-electron chi connectivity index (χ3n) is 6.03. The molecule has 34 heavy (non-hydrogen) atoms. The summed E-state index contributed by atoms with van der Waals surface area (Å²) >= 11 is 0. The molecular formula is C30H27N3O. The molecule has 0 aliphatic heterocycles. The Hall–Kier alpha value is -4.18. The third-order valence-corrected chi connectivity index (χ3v) is 6.03. The van der Waals surface area contributed by atoms with Crippen LogP contribution < -0.4 is 5.32 Å².